The van der Waals surface area contributed by atoms with Crippen molar-refractivity contribution in [2.24, 2.45) is 0 Å². The smallest absolute Gasteiger partial charge is 0.207 e. The van der Waals surface area contributed by atoms with Gasteiger partial charge in [0.15, 0.2) is 105 Å². The molecule has 5 aromatic carbocycles. The van der Waals surface area contributed by atoms with E-state index in [0.717, 1.165) is 0 Å². The monoisotopic (exact) mass is 727 g/mol. The molecule has 0 spiro atoms. The number of rotatable bonds is 4. The van der Waals surface area contributed by atoms with Crippen LogP contribution >= 0.6 is 0 Å². The molecule has 0 saturated heterocycles. The molecule has 0 amide bonds. The van der Waals surface area contributed by atoms with E-state index < -0.39 is 168 Å². The normalized spacial score (nSPS) is 11.7. The Kier molecular flexibility index (Phi) is 8.56. The molecule has 0 atom stereocenters. The highest BCUT2D eigenvalue weighted by Gasteiger charge is 2.39. The van der Waals surface area contributed by atoms with Crippen molar-refractivity contribution in [3.63, 3.8) is 0 Å². The fourth-order valence-corrected chi connectivity index (χ4v) is 4.66. The van der Waals surface area contributed by atoms with E-state index in [1.54, 1.807) is 0 Å². The van der Waals surface area contributed by atoms with E-state index in [2.05, 4.69) is 0 Å². The first-order valence-electron chi connectivity index (χ1n) is 12.1. The van der Waals surface area contributed by atoms with E-state index in [0.29, 0.717) is 0 Å². The zero-order chi connectivity index (χ0) is 36.9. The van der Waals surface area contributed by atoms with E-state index >= 15 is 17.6 Å². The van der Waals surface area contributed by atoms with Gasteiger partial charge in [-0.15, -0.1) is 0 Å². The predicted octanol–water partition coefficient (Wildman–Crippen LogP) is 8.61. The molecule has 1 radical (unpaired) electrons. The first kappa shape index (κ1) is 35.3. The van der Waals surface area contributed by atoms with Gasteiger partial charge in [0, 0.05) is 0 Å². The molecule has 0 saturated carbocycles. The molecular formula is C28BF20. The average Bonchev–Trinajstić information content (AvgIpc) is 3.06. The van der Waals surface area contributed by atoms with Crippen LogP contribution in [0.3, 0.4) is 0 Å². The first-order valence-corrected chi connectivity index (χ1v) is 12.1. The summed E-state index contributed by atoms with van der Waals surface area (Å²) in [7, 11) is -0.730. The van der Waals surface area contributed by atoms with Gasteiger partial charge in [-0.2, -0.15) is 0 Å². The minimum Gasteiger partial charge on any atom is -0.207 e. The van der Waals surface area contributed by atoms with Crippen molar-refractivity contribution >= 4 is 29.0 Å². The van der Waals surface area contributed by atoms with Crippen LogP contribution in [0.25, 0.3) is 33.0 Å². The molecule has 0 fully saturated rings. The molecule has 0 aromatic heterocycles. The molecule has 5 rings (SSSR count). The van der Waals surface area contributed by atoms with E-state index in [1.165, 1.54) is 0 Å². The summed E-state index contributed by atoms with van der Waals surface area (Å²) in [5.74, 6) is -58.9. The van der Waals surface area contributed by atoms with Crippen LogP contribution in [0.5, 0.6) is 0 Å². The Balaban J connectivity index is 1.76. The van der Waals surface area contributed by atoms with Gasteiger partial charge >= 0.3 is 0 Å². The summed E-state index contributed by atoms with van der Waals surface area (Å²) in [5, 5.41) is -4.45. The molecule has 5 aromatic rings. The fraction of sp³-hybridized carbons (Fsp3) is 0. The van der Waals surface area contributed by atoms with E-state index in [1.807, 2.05) is 0 Å². The van der Waals surface area contributed by atoms with Crippen molar-refractivity contribution < 1.29 is 87.8 Å². The Morgan fingerprint density at radius 1 is 0.184 bits per heavy atom. The summed E-state index contributed by atoms with van der Waals surface area (Å²) in [6.07, 6.45) is 0. The zero-order valence-electron chi connectivity index (χ0n) is 22.1. The van der Waals surface area contributed by atoms with E-state index in [-0.39, 0.29) is 0 Å². The van der Waals surface area contributed by atoms with Gasteiger partial charge in [-0.3, -0.25) is 0 Å². The molecule has 0 aliphatic heterocycles. The van der Waals surface area contributed by atoms with Gasteiger partial charge in [-0.25, -0.2) is 87.8 Å². The van der Waals surface area contributed by atoms with Gasteiger partial charge in [0.05, 0.1) is 33.0 Å². The third-order valence-electron chi connectivity index (χ3n) is 6.93. The minimum atomic E-state index is -3.17. The molecule has 0 aliphatic rings. The Hall–Kier alpha value is -4.98. The van der Waals surface area contributed by atoms with Crippen LogP contribution in [0.1, 0.15) is 0 Å². The van der Waals surface area contributed by atoms with Crippen LogP contribution in [-0.4, -0.2) is 7.28 Å². The molecule has 0 bridgehead atoms. The molecule has 0 nitrogen and oxygen atoms in total. The van der Waals surface area contributed by atoms with Crippen LogP contribution in [-0.2, 0) is 0 Å². The van der Waals surface area contributed by atoms with Crippen LogP contribution in [0.4, 0.5) is 87.8 Å². The number of hydrogen-bond acceptors (Lipinski definition) is 0. The molecule has 255 valence electrons. The van der Waals surface area contributed by atoms with Gasteiger partial charge in [0.1, 0.15) is 5.82 Å². The summed E-state index contributed by atoms with van der Waals surface area (Å²) in [6.45, 7) is 0. The topological polar surface area (TPSA) is 0 Å². The summed E-state index contributed by atoms with van der Waals surface area (Å²) >= 11 is 0. The molecule has 21 heteroatoms. The predicted molar refractivity (Wildman–Crippen MR) is 125 cm³/mol. The van der Waals surface area contributed by atoms with Gasteiger partial charge in [0.2, 0.25) is 13.1 Å². The van der Waals surface area contributed by atoms with E-state index in [9.17, 15) is 70.2 Å². The average molecular weight is 727 g/mol. The molecule has 0 unspecified atom stereocenters. The lowest BCUT2D eigenvalue weighted by Crippen LogP contribution is -2.39. The maximum atomic E-state index is 15.1. The summed E-state index contributed by atoms with van der Waals surface area (Å²) in [6, 6.07) is 0. The minimum absolute atomic E-state index is 0.730. The second-order valence-corrected chi connectivity index (χ2v) is 9.50. The Morgan fingerprint density at radius 3 is 0.714 bits per heavy atom. The van der Waals surface area contributed by atoms with Crippen LogP contribution < -0.4 is 10.9 Å². The second kappa shape index (κ2) is 11.9. The van der Waals surface area contributed by atoms with Gasteiger partial charge in [-0.05, 0) is 10.9 Å². The summed E-state index contributed by atoms with van der Waals surface area (Å²) in [5.41, 5.74) is -15.5. The van der Waals surface area contributed by atoms with Gasteiger partial charge < -0.3 is 0 Å². The lowest BCUT2D eigenvalue weighted by molar-refractivity contribution is 0.379. The largest absolute Gasteiger partial charge is 0.207 e. The van der Waals surface area contributed by atoms with Crippen LogP contribution in [0.15, 0.2) is 0 Å². The third-order valence-corrected chi connectivity index (χ3v) is 6.93. The highest BCUT2D eigenvalue weighted by molar-refractivity contribution is 6.68. The van der Waals surface area contributed by atoms with Crippen molar-refractivity contribution in [2.45, 2.75) is 0 Å². The number of hydrogen-bond donors (Lipinski definition) is 0. The number of fused-ring (bicyclic) bond motifs is 1. The van der Waals surface area contributed by atoms with Crippen molar-refractivity contribution in [3.8, 4) is 22.3 Å². The molecule has 49 heavy (non-hydrogen) atoms. The first-order chi connectivity index (χ1) is 22.7. The highest BCUT2D eigenvalue weighted by atomic mass is 19.2. The van der Waals surface area contributed by atoms with Crippen molar-refractivity contribution in [3.05, 3.63) is 116 Å². The maximum Gasteiger partial charge on any atom is 0.207 e. The Bertz CT molecular complexity index is 2230. The second-order valence-electron chi connectivity index (χ2n) is 9.50. The highest BCUT2D eigenvalue weighted by Crippen LogP contribution is 2.42. The van der Waals surface area contributed by atoms with Crippen LogP contribution in [0.2, 0.25) is 0 Å². The van der Waals surface area contributed by atoms with Gasteiger partial charge in [-0.1, -0.05) is 0 Å². The lowest BCUT2D eigenvalue weighted by atomic mass is 9.62. The number of benzene rings is 5. The van der Waals surface area contributed by atoms with Crippen molar-refractivity contribution in [1.29, 1.82) is 0 Å². The molecule has 0 heterocycles. The van der Waals surface area contributed by atoms with Crippen molar-refractivity contribution in [2.75, 3.05) is 0 Å². The maximum absolute atomic E-state index is 15.1. The van der Waals surface area contributed by atoms with Gasteiger partial charge in [0.25, 0.3) is 0 Å². The van der Waals surface area contributed by atoms with E-state index in [4.69, 9.17) is 0 Å². The molecular weight excluding hydrogens is 727 g/mol. The SMILES string of the molecule is Fc1c(F)c(F)c(-c2c(F)c(F)c(-c3c(F)c(F)c([B]c4c(F)c(F)c5c(F)c(F)c(F)c(F)c5c4F)c(F)c3F)c(F)c2F)c(F)c1F. The Labute approximate surface area is 256 Å². The lowest BCUT2D eigenvalue weighted by Gasteiger charge is -2.17. The van der Waals surface area contributed by atoms with Crippen LogP contribution in [0, 0.1) is 116 Å². The van der Waals surface area contributed by atoms with Crippen molar-refractivity contribution in [1.82, 2.24) is 0 Å². The molecule has 0 aliphatic carbocycles. The quantitative estimate of drug-likeness (QED) is 0.0754. The third kappa shape index (κ3) is 4.78. The Morgan fingerprint density at radius 2 is 0.367 bits per heavy atom. The summed E-state index contributed by atoms with van der Waals surface area (Å²) < 4.78 is 288. The fourth-order valence-electron chi connectivity index (χ4n) is 4.66. The summed E-state index contributed by atoms with van der Waals surface area (Å²) in [4.78, 5) is 0. The standard InChI is InChI=1S/C28BF20/c30-9-1-2(18(39)25(46)24(45)17(1)38)14(35)21(42)7(9)29-8-22(43)15(36)5(16(37)23(8)44)3-10(31)12(33)4(13(34)11(3)32)6-19(40)26(47)28(49)27(48)20(6)41. The number of halogens is 20. The zero-order valence-corrected chi connectivity index (χ0v) is 22.1. The molecule has 0 N–H and O–H groups in total.